The standard InChI is InChI=1S/C25H28F2N4O2S/c26-25(27)7-5-17(6-8-25)24-30-16-22(34-24)21(31-10-12-33-13-11-31)15-29-23(32)19-3-4-20-18(14-19)2-1-9-28-20/h1-4,9,14,16-17,21H,5-8,10-13,15H2,(H,29,32). The van der Waals surface area contributed by atoms with Gasteiger partial charge in [0.2, 0.25) is 5.92 Å². The summed E-state index contributed by atoms with van der Waals surface area (Å²) in [5.41, 5.74) is 1.44. The van der Waals surface area contributed by atoms with Crippen molar-refractivity contribution in [2.45, 2.75) is 43.6 Å². The topological polar surface area (TPSA) is 67.4 Å². The van der Waals surface area contributed by atoms with E-state index in [-0.39, 0.29) is 30.7 Å². The van der Waals surface area contributed by atoms with Crippen LogP contribution in [0.25, 0.3) is 10.9 Å². The average Bonchev–Trinajstić information content (AvgIpc) is 3.34. The van der Waals surface area contributed by atoms with Gasteiger partial charge in [-0.1, -0.05) is 6.07 Å². The second kappa shape index (κ2) is 10.0. The van der Waals surface area contributed by atoms with E-state index in [1.807, 2.05) is 30.5 Å². The quantitative estimate of drug-likeness (QED) is 0.543. The number of carbonyl (C=O) groups excluding carboxylic acids is 1. The van der Waals surface area contributed by atoms with Gasteiger partial charge in [-0.3, -0.25) is 14.7 Å². The Morgan fingerprint density at radius 1 is 1.21 bits per heavy atom. The molecule has 0 bridgehead atoms. The van der Waals surface area contributed by atoms with Crippen molar-refractivity contribution in [3.05, 3.63) is 58.2 Å². The molecule has 0 spiro atoms. The first-order chi connectivity index (χ1) is 16.5. The Kier molecular flexibility index (Phi) is 6.85. The number of alkyl halides is 2. The van der Waals surface area contributed by atoms with Gasteiger partial charge in [-0.15, -0.1) is 11.3 Å². The molecule has 2 fully saturated rings. The third-order valence-corrected chi connectivity index (χ3v) is 8.00. The van der Waals surface area contributed by atoms with Crippen LogP contribution in [0.2, 0.25) is 0 Å². The predicted octanol–water partition coefficient (Wildman–Crippen LogP) is 4.79. The molecule has 2 aromatic heterocycles. The fourth-order valence-corrected chi connectivity index (χ4v) is 5.96. The zero-order chi connectivity index (χ0) is 23.5. The number of aromatic nitrogens is 2. The number of nitrogens with one attached hydrogen (secondary N) is 1. The van der Waals surface area contributed by atoms with Gasteiger partial charge in [-0.05, 0) is 37.1 Å². The number of amides is 1. The summed E-state index contributed by atoms with van der Waals surface area (Å²) >= 11 is 1.59. The molecular weight excluding hydrogens is 458 g/mol. The molecular formula is C25H28F2N4O2S. The number of halogens is 2. The summed E-state index contributed by atoms with van der Waals surface area (Å²) in [6, 6.07) is 9.25. The van der Waals surface area contributed by atoms with Crippen LogP contribution in [-0.4, -0.2) is 59.5 Å². The smallest absolute Gasteiger partial charge is 0.251 e. The molecule has 1 saturated carbocycles. The molecule has 3 heterocycles. The van der Waals surface area contributed by atoms with Crippen molar-refractivity contribution < 1.29 is 18.3 Å². The van der Waals surface area contributed by atoms with E-state index in [1.54, 1.807) is 23.6 Å². The lowest BCUT2D eigenvalue weighted by Crippen LogP contribution is -2.43. The van der Waals surface area contributed by atoms with Crippen molar-refractivity contribution in [1.29, 1.82) is 0 Å². The zero-order valence-corrected chi connectivity index (χ0v) is 19.7. The van der Waals surface area contributed by atoms with Crippen LogP contribution in [0.3, 0.4) is 0 Å². The van der Waals surface area contributed by atoms with Gasteiger partial charge in [-0.2, -0.15) is 0 Å². The highest BCUT2D eigenvalue weighted by Crippen LogP contribution is 2.42. The van der Waals surface area contributed by atoms with Crippen LogP contribution in [-0.2, 0) is 4.74 Å². The summed E-state index contributed by atoms with van der Waals surface area (Å²) in [6.07, 6.45) is 4.39. The summed E-state index contributed by atoms with van der Waals surface area (Å²) in [5, 5.41) is 4.95. The lowest BCUT2D eigenvalue weighted by molar-refractivity contribution is -0.0382. The molecule has 34 heavy (non-hydrogen) atoms. The van der Waals surface area contributed by atoms with Crippen LogP contribution in [0.1, 0.15) is 57.9 Å². The number of fused-ring (bicyclic) bond motifs is 1. The number of rotatable bonds is 6. The second-order valence-corrected chi connectivity index (χ2v) is 10.1. The molecule has 2 aliphatic rings. The van der Waals surface area contributed by atoms with E-state index >= 15 is 0 Å². The van der Waals surface area contributed by atoms with Gasteiger partial charge in [0.15, 0.2) is 0 Å². The first-order valence-electron chi connectivity index (χ1n) is 11.8. The summed E-state index contributed by atoms with van der Waals surface area (Å²) in [5.74, 6) is -2.59. The van der Waals surface area contributed by atoms with Gasteiger partial charge >= 0.3 is 0 Å². The molecule has 3 aromatic rings. The Labute approximate surface area is 201 Å². The van der Waals surface area contributed by atoms with E-state index in [4.69, 9.17) is 4.74 Å². The van der Waals surface area contributed by atoms with Gasteiger partial charge in [-0.25, -0.2) is 13.8 Å². The molecule has 1 aliphatic heterocycles. The lowest BCUT2D eigenvalue weighted by Gasteiger charge is -2.34. The van der Waals surface area contributed by atoms with Gasteiger partial charge in [0.1, 0.15) is 0 Å². The Bertz CT molecular complexity index is 1140. The van der Waals surface area contributed by atoms with Crippen molar-refractivity contribution in [1.82, 2.24) is 20.2 Å². The van der Waals surface area contributed by atoms with Crippen molar-refractivity contribution in [3.63, 3.8) is 0 Å². The Hall–Kier alpha value is -2.49. The highest BCUT2D eigenvalue weighted by Gasteiger charge is 2.36. The number of nitrogens with zero attached hydrogens (tertiary/aromatic N) is 3. The minimum Gasteiger partial charge on any atom is -0.379 e. The fraction of sp³-hybridized carbons (Fsp3) is 0.480. The third-order valence-electron chi connectivity index (χ3n) is 6.74. The van der Waals surface area contributed by atoms with Crippen LogP contribution in [0.15, 0.2) is 42.7 Å². The molecule has 1 aliphatic carbocycles. The van der Waals surface area contributed by atoms with Gasteiger partial charge in [0, 0.05) is 66.6 Å². The van der Waals surface area contributed by atoms with Gasteiger partial charge < -0.3 is 10.1 Å². The molecule has 180 valence electrons. The summed E-state index contributed by atoms with van der Waals surface area (Å²) in [6.45, 7) is 3.27. The third kappa shape index (κ3) is 5.26. The number of hydrogen-bond donors (Lipinski definition) is 1. The van der Waals surface area contributed by atoms with Crippen LogP contribution in [0, 0.1) is 0 Å². The maximum absolute atomic E-state index is 13.6. The number of morpholine rings is 1. The van der Waals surface area contributed by atoms with Crippen molar-refractivity contribution in [2.75, 3.05) is 32.8 Å². The number of thiazole rings is 1. The van der Waals surface area contributed by atoms with Crippen LogP contribution < -0.4 is 5.32 Å². The molecule has 1 saturated heterocycles. The summed E-state index contributed by atoms with van der Waals surface area (Å²) in [4.78, 5) is 25.2. The minimum absolute atomic E-state index is 0.0359. The van der Waals surface area contributed by atoms with E-state index in [1.165, 1.54) is 0 Å². The first-order valence-corrected chi connectivity index (χ1v) is 12.6. The van der Waals surface area contributed by atoms with E-state index in [9.17, 15) is 13.6 Å². The first kappa shape index (κ1) is 23.3. The SMILES string of the molecule is O=C(NCC(c1cnc(C2CCC(F)(F)CC2)s1)N1CCOCC1)c1ccc2ncccc2c1. The highest BCUT2D eigenvalue weighted by atomic mass is 32.1. The lowest BCUT2D eigenvalue weighted by atomic mass is 9.87. The number of hydrogen-bond acceptors (Lipinski definition) is 6. The summed E-state index contributed by atoms with van der Waals surface area (Å²) in [7, 11) is 0. The van der Waals surface area contributed by atoms with Gasteiger partial charge in [0.25, 0.3) is 5.91 Å². The van der Waals surface area contributed by atoms with E-state index < -0.39 is 5.92 Å². The predicted molar refractivity (Wildman–Crippen MR) is 127 cm³/mol. The number of benzene rings is 1. The molecule has 6 nitrogen and oxygen atoms in total. The minimum atomic E-state index is -2.55. The molecule has 1 N–H and O–H groups in total. The highest BCUT2D eigenvalue weighted by molar-refractivity contribution is 7.11. The van der Waals surface area contributed by atoms with E-state index in [0.29, 0.717) is 38.2 Å². The van der Waals surface area contributed by atoms with Crippen molar-refractivity contribution in [3.8, 4) is 0 Å². The molecule has 1 amide bonds. The molecule has 1 atom stereocenters. The molecule has 1 unspecified atom stereocenters. The van der Waals surface area contributed by atoms with E-state index in [0.717, 1.165) is 33.9 Å². The molecule has 9 heteroatoms. The number of carbonyl (C=O) groups is 1. The van der Waals surface area contributed by atoms with Crippen LogP contribution in [0.4, 0.5) is 8.78 Å². The fourth-order valence-electron chi connectivity index (χ4n) is 4.74. The summed E-state index contributed by atoms with van der Waals surface area (Å²) < 4.78 is 32.7. The Morgan fingerprint density at radius 3 is 2.79 bits per heavy atom. The Morgan fingerprint density at radius 2 is 2.00 bits per heavy atom. The van der Waals surface area contributed by atoms with Crippen molar-refractivity contribution in [2.24, 2.45) is 0 Å². The van der Waals surface area contributed by atoms with E-state index in [2.05, 4.69) is 20.2 Å². The molecule has 1 aromatic carbocycles. The maximum Gasteiger partial charge on any atom is 0.251 e. The zero-order valence-electron chi connectivity index (χ0n) is 18.9. The Balaban J connectivity index is 1.30. The second-order valence-electron chi connectivity index (χ2n) is 9.02. The monoisotopic (exact) mass is 486 g/mol. The number of pyridine rings is 1. The largest absolute Gasteiger partial charge is 0.379 e. The number of ether oxygens (including phenoxy) is 1. The van der Waals surface area contributed by atoms with Crippen LogP contribution >= 0.6 is 11.3 Å². The molecule has 5 rings (SSSR count). The maximum atomic E-state index is 13.6. The molecule has 0 radical (unpaired) electrons. The normalized spacial score (nSPS) is 20.3. The van der Waals surface area contributed by atoms with Crippen LogP contribution in [0.5, 0.6) is 0 Å². The van der Waals surface area contributed by atoms with Gasteiger partial charge in [0.05, 0.1) is 29.8 Å². The van der Waals surface area contributed by atoms with Crippen molar-refractivity contribution >= 4 is 28.1 Å². The average molecular weight is 487 g/mol.